The number of pyridine rings is 1. The maximum atomic E-state index is 10.7. The summed E-state index contributed by atoms with van der Waals surface area (Å²) in [5.74, 6) is 0. The van der Waals surface area contributed by atoms with Gasteiger partial charge in [0.25, 0.3) is 0 Å². The molecule has 0 unspecified atom stereocenters. The molecule has 0 bridgehead atoms. The van der Waals surface area contributed by atoms with Crippen LogP contribution in [0.2, 0.25) is 0 Å². The molecular weight excluding hydrogens is 244 g/mol. The second-order valence-corrected chi connectivity index (χ2v) is 3.92. The number of carboxylic acid groups (broad SMARTS) is 1. The molecule has 0 fully saturated rings. The molecule has 1 aromatic carbocycles. The first-order valence-electron chi connectivity index (χ1n) is 5.67. The highest BCUT2D eigenvalue weighted by molar-refractivity contribution is 5.73. The zero-order valence-corrected chi connectivity index (χ0v) is 10.0. The molecule has 0 saturated carbocycles. The van der Waals surface area contributed by atoms with E-state index in [1.165, 1.54) is 0 Å². The Morgan fingerprint density at radius 1 is 1.26 bits per heavy atom. The fourth-order valence-corrected chi connectivity index (χ4v) is 1.70. The van der Waals surface area contributed by atoms with Crippen molar-refractivity contribution in [1.29, 1.82) is 0 Å². The number of amides is 1. The summed E-state index contributed by atoms with van der Waals surface area (Å²) < 4.78 is 0. The van der Waals surface area contributed by atoms with Crippen molar-refractivity contribution in [1.82, 2.24) is 10.3 Å². The molecule has 2 N–H and O–H groups in total. The van der Waals surface area contributed by atoms with Gasteiger partial charge in [-0.1, -0.05) is 24.3 Å². The number of rotatable bonds is 4. The Morgan fingerprint density at radius 2 is 2.05 bits per heavy atom. The highest BCUT2D eigenvalue weighted by Crippen LogP contribution is 2.18. The van der Waals surface area contributed by atoms with E-state index in [9.17, 15) is 9.59 Å². The Morgan fingerprint density at radius 3 is 2.79 bits per heavy atom. The van der Waals surface area contributed by atoms with Crippen LogP contribution in [0.3, 0.4) is 0 Å². The summed E-state index contributed by atoms with van der Waals surface area (Å²) in [5, 5.41) is 10.9. The van der Waals surface area contributed by atoms with Crippen molar-refractivity contribution in [3.05, 3.63) is 53.7 Å². The molecular formula is C14H12N2O3. The number of benzene rings is 1. The Labute approximate surface area is 109 Å². The normalized spacial score (nSPS) is 9.89. The van der Waals surface area contributed by atoms with Crippen LogP contribution in [0, 0.1) is 0 Å². The quantitative estimate of drug-likeness (QED) is 0.823. The van der Waals surface area contributed by atoms with Crippen molar-refractivity contribution in [2.24, 2.45) is 0 Å². The van der Waals surface area contributed by atoms with E-state index < -0.39 is 6.09 Å². The maximum absolute atomic E-state index is 10.7. The largest absolute Gasteiger partial charge is 0.465 e. The molecule has 0 spiro atoms. The van der Waals surface area contributed by atoms with E-state index in [0.717, 1.165) is 11.1 Å². The molecule has 0 atom stereocenters. The van der Waals surface area contributed by atoms with Crippen molar-refractivity contribution in [2.75, 3.05) is 0 Å². The average molecular weight is 256 g/mol. The van der Waals surface area contributed by atoms with E-state index in [1.54, 1.807) is 18.2 Å². The lowest BCUT2D eigenvalue weighted by molar-refractivity contribution is 0.111. The minimum Gasteiger partial charge on any atom is -0.465 e. The van der Waals surface area contributed by atoms with Gasteiger partial charge in [-0.05, 0) is 23.8 Å². The zero-order valence-electron chi connectivity index (χ0n) is 10.0. The molecule has 1 amide bonds. The maximum Gasteiger partial charge on any atom is 0.404 e. The molecule has 96 valence electrons. The van der Waals surface area contributed by atoms with Gasteiger partial charge >= 0.3 is 6.09 Å². The Hall–Kier alpha value is -2.69. The molecule has 2 aromatic rings. The van der Waals surface area contributed by atoms with Crippen molar-refractivity contribution in [3.63, 3.8) is 0 Å². The minimum atomic E-state index is -1.06. The summed E-state index contributed by atoms with van der Waals surface area (Å²) >= 11 is 0. The molecule has 0 aliphatic heterocycles. The summed E-state index contributed by atoms with van der Waals surface area (Å²) in [6, 6.07) is 12.5. The highest BCUT2D eigenvalue weighted by atomic mass is 16.4. The third kappa shape index (κ3) is 3.38. The van der Waals surface area contributed by atoms with Crippen LogP contribution < -0.4 is 5.32 Å². The number of hydrogen-bond donors (Lipinski definition) is 2. The SMILES string of the molecule is O=Cc1cccc(-c2cccc(CNC(=O)O)c2)n1. The molecule has 1 aromatic heterocycles. The van der Waals surface area contributed by atoms with E-state index >= 15 is 0 Å². The van der Waals surface area contributed by atoms with Gasteiger partial charge < -0.3 is 10.4 Å². The second kappa shape index (κ2) is 5.77. The van der Waals surface area contributed by atoms with Crippen LogP contribution in [-0.4, -0.2) is 22.5 Å². The molecule has 1 heterocycles. The zero-order chi connectivity index (χ0) is 13.7. The predicted octanol–water partition coefficient (Wildman–Crippen LogP) is 2.33. The Bertz CT molecular complexity index is 611. The molecule has 19 heavy (non-hydrogen) atoms. The molecule has 5 nitrogen and oxygen atoms in total. The number of carbonyl (C=O) groups is 2. The van der Waals surface area contributed by atoms with E-state index in [2.05, 4.69) is 10.3 Å². The van der Waals surface area contributed by atoms with Crippen molar-refractivity contribution in [3.8, 4) is 11.3 Å². The first-order chi connectivity index (χ1) is 9.19. The van der Waals surface area contributed by atoms with Gasteiger partial charge in [-0.3, -0.25) is 4.79 Å². The number of nitrogens with one attached hydrogen (secondary N) is 1. The fraction of sp³-hybridized carbons (Fsp3) is 0.0714. The second-order valence-electron chi connectivity index (χ2n) is 3.92. The molecule has 2 rings (SSSR count). The van der Waals surface area contributed by atoms with Crippen LogP contribution in [0.1, 0.15) is 16.1 Å². The van der Waals surface area contributed by atoms with Crippen LogP contribution in [0.5, 0.6) is 0 Å². The van der Waals surface area contributed by atoms with Crippen LogP contribution in [-0.2, 0) is 6.54 Å². The monoisotopic (exact) mass is 256 g/mol. The number of hydrogen-bond acceptors (Lipinski definition) is 3. The number of aldehydes is 1. The first-order valence-corrected chi connectivity index (χ1v) is 5.67. The van der Waals surface area contributed by atoms with E-state index in [4.69, 9.17) is 5.11 Å². The van der Waals surface area contributed by atoms with Gasteiger partial charge in [0.1, 0.15) is 5.69 Å². The van der Waals surface area contributed by atoms with E-state index in [1.807, 2.05) is 24.3 Å². The average Bonchev–Trinajstić information content (AvgIpc) is 2.45. The van der Waals surface area contributed by atoms with E-state index in [-0.39, 0.29) is 6.54 Å². The number of carbonyl (C=O) groups excluding carboxylic acids is 1. The molecule has 0 aliphatic carbocycles. The molecule has 0 saturated heterocycles. The van der Waals surface area contributed by atoms with Crippen LogP contribution in [0.4, 0.5) is 4.79 Å². The van der Waals surface area contributed by atoms with Crippen LogP contribution in [0.25, 0.3) is 11.3 Å². The van der Waals surface area contributed by atoms with Gasteiger partial charge in [0, 0.05) is 12.1 Å². The van der Waals surface area contributed by atoms with Crippen molar-refractivity contribution < 1.29 is 14.7 Å². The van der Waals surface area contributed by atoms with Gasteiger partial charge in [0.15, 0.2) is 6.29 Å². The van der Waals surface area contributed by atoms with Crippen molar-refractivity contribution in [2.45, 2.75) is 6.54 Å². The van der Waals surface area contributed by atoms with Gasteiger partial charge in [-0.15, -0.1) is 0 Å². The molecule has 0 radical (unpaired) electrons. The van der Waals surface area contributed by atoms with Gasteiger partial charge in [0.05, 0.1) is 5.69 Å². The summed E-state index contributed by atoms with van der Waals surface area (Å²) in [6.45, 7) is 0.233. The smallest absolute Gasteiger partial charge is 0.404 e. The van der Waals surface area contributed by atoms with Gasteiger partial charge in [-0.25, -0.2) is 9.78 Å². The topological polar surface area (TPSA) is 79.3 Å². The lowest BCUT2D eigenvalue weighted by Gasteiger charge is -2.05. The van der Waals surface area contributed by atoms with Gasteiger partial charge in [0.2, 0.25) is 0 Å². The predicted molar refractivity (Wildman–Crippen MR) is 69.9 cm³/mol. The first kappa shape index (κ1) is 12.8. The summed E-state index contributed by atoms with van der Waals surface area (Å²) in [5.41, 5.74) is 2.72. The fourth-order valence-electron chi connectivity index (χ4n) is 1.70. The lowest BCUT2D eigenvalue weighted by atomic mass is 10.1. The minimum absolute atomic E-state index is 0.233. The van der Waals surface area contributed by atoms with Gasteiger partial charge in [-0.2, -0.15) is 0 Å². The third-order valence-electron chi connectivity index (χ3n) is 2.56. The number of aromatic nitrogens is 1. The summed E-state index contributed by atoms with van der Waals surface area (Å²) in [6.07, 6.45) is -0.370. The Balaban J connectivity index is 2.26. The van der Waals surface area contributed by atoms with E-state index in [0.29, 0.717) is 17.7 Å². The van der Waals surface area contributed by atoms with Crippen LogP contribution >= 0.6 is 0 Å². The Kier molecular flexibility index (Phi) is 3.87. The third-order valence-corrected chi connectivity index (χ3v) is 2.56. The van der Waals surface area contributed by atoms with Crippen molar-refractivity contribution >= 4 is 12.4 Å². The summed E-state index contributed by atoms with van der Waals surface area (Å²) in [7, 11) is 0. The highest BCUT2D eigenvalue weighted by Gasteiger charge is 2.03. The standard InChI is InChI=1S/C14H12N2O3/c17-9-12-5-2-6-13(16-12)11-4-1-3-10(7-11)8-15-14(18)19/h1-7,9,15H,8H2,(H,18,19). The number of nitrogens with zero attached hydrogens (tertiary/aromatic N) is 1. The van der Waals surface area contributed by atoms with Crippen LogP contribution in [0.15, 0.2) is 42.5 Å². The lowest BCUT2D eigenvalue weighted by Crippen LogP contribution is -2.19. The molecule has 5 heteroatoms. The summed E-state index contributed by atoms with van der Waals surface area (Å²) in [4.78, 5) is 25.3. The molecule has 0 aliphatic rings.